The van der Waals surface area contributed by atoms with E-state index < -0.39 is 5.66 Å². The number of hydrogen-bond acceptors (Lipinski definition) is 4. The first-order chi connectivity index (χ1) is 19.9. The van der Waals surface area contributed by atoms with Crippen LogP contribution in [0.2, 0.25) is 0 Å². The van der Waals surface area contributed by atoms with Crippen LogP contribution in [0, 0.1) is 5.92 Å². The molecule has 0 heterocycles. The summed E-state index contributed by atoms with van der Waals surface area (Å²) in [5, 5.41) is 22.3. The third-order valence-electron chi connectivity index (χ3n) is 9.33. The molecule has 0 fully saturated rings. The van der Waals surface area contributed by atoms with E-state index >= 15 is 0 Å². The van der Waals surface area contributed by atoms with Gasteiger partial charge in [0.25, 0.3) is 0 Å². The smallest absolute Gasteiger partial charge is 0.123 e. The Morgan fingerprint density at radius 2 is 0.864 bits per heavy atom. The van der Waals surface area contributed by atoms with Gasteiger partial charge in [-0.1, -0.05) is 127 Å². The van der Waals surface area contributed by atoms with Crippen LogP contribution in [0.3, 0.4) is 0 Å². The summed E-state index contributed by atoms with van der Waals surface area (Å²) in [5.41, 5.74) is 19.2. The second-order valence-corrected chi connectivity index (χ2v) is 17.8. The number of unbranched alkanes of at least 4 members (excludes halogenated alkanes) is 1. The van der Waals surface area contributed by atoms with Crippen molar-refractivity contribution in [1.29, 1.82) is 0 Å². The number of nitrogens with two attached hydrogens (primary N) is 2. The Bertz CT molecular complexity index is 1160. The maximum absolute atomic E-state index is 11.1. The van der Waals surface area contributed by atoms with Gasteiger partial charge in [0.1, 0.15) is 11.5 Å². The first kappa shape index (κ1) is 38.1. The summed E-state index contributed by atoms with van der Waals surface area (Å²) >= 11 is 0. The monoisotopic (exact) mass is 609 g/mol. The normalized spacial score (nSPS) is 14.2. The van der Waals surface area contributed by atoms with Gasteiger partial charge >= 0.3 is 0 Å². The summed E-state index contributed by atoms with van der Waals surface area (Å²) in [6.07, 6.45) is 8.83. The number of aryl methyl sites for hydroxylation is 2. The summed E-state index contributed by atoms with van der Waals surface area (Å²) in [7, 11) is 0. The molecule has 44 heavy (non-hydrogen) atoms. The molecule has 2 rings (SSSR count). The topological polar surface area (TPSA) is 92.5 Å². The van der Waals surface area contributed by atoms with Crippen molar-refractivity contribution in [2.24, 2.45) is 17.4 Å². The van der Waals surface area contributed by atoms with Crippen LogP contribution in [0.5, 0.6) is 11.5 Å². The van der Waals surface area contributed by atoms with Gasteiger partial charge in [-0.15, -0.1) is 0 Å². The Labute approximate surface area is 271 Å². The predicted octanol–water partition coefficient (Wildman–Crippen LogP) is 10.1. The number of aromatic hydroxyl groups is 2. The standard InChI is InChI=1S/C40H68N2O2/c1-14-15-20-29(21-16-18-27-23-30(36(2,3)4)34(43)31(24-27)37(5,6)7)40(41,42)22-17-19-28-25-32(38(8,9)10)35(44)33(26-28)39(11,12)13/h23-26,29,43-44H,14-22,41-42H2,1-13H3. The van der Waals surface area contributed by atoms with Gasteiger partial charge in [-0.2, -0.15) is 0 Å². The molecule has 6 N–H and O–H groups in total. The van der Waals surface area contributed by atoms with Gasteiger partial charge in [0.2, 0.25) is 0 Å². The zero-order valence-corrected chi connectivity index (χ0v) is 30.8. The summed E-state index contributed by atoms with van der Waals surface area (Å²) in [6, 6.07) is 8.78. The Morgan fingerprint density at radius 3 is 1.18 bits per heavy atom. The lowest BCUT2D eigenvalue weighted by Crippen LogP contribution is -2.55. The van der Waals surface area contributed by atoms with Gasteiger partial charge in [0, 0.05) is 0 Å². The second kappa shape index (κ2) is 14.2. The molecule has 4 nitrogen and oxygen atoms in total. The zero-order valence-electron chi connectivity index (χ0n) is 30.8. The van der Waals surface area contributed by atoms with Crippen molar-refractivity contribution in [2.45, 2.75) is 175 Å². The maximum Gasteiger partial charge on any atom is 0.123 e. The Kier molecular flexibility index (Phi) is 12.3. The molecule has 1 unspecified atom stereocenters. The van der Waals surface area contributed by atoms with Gasteiger partial charge in [-0.25, -0.2) is 0 Å². The van der Waals surface area contributed by atoms with E-state index in [1.807, 2.05) is 0 Å². The zero-order chi connectivity index (χ0) is 33.9. The molecular weight excluding hydrogens is 540 g/mol. The van der Waals surface area contributed by atoms with E-state index in [2.05, 4.69) is 114 Å². The molecule has 0 spiro atoms. The summed E-state index contributed by atoms with van der Waals surface area (Å²) in [5.74, 6) is 1.12. The summed E-state index contributed by atoms with van der Waals surface area (Å²) < 4.78 is 0. The quantitative estimate of drug-likeness (QED) is 0.180. The molecule has 0 saturated carbocycles. The highest BCUT2D eigenvalue weighted by Crippen LogP contribution is 2.42. The number of phenolic OH excluding ortho intramolecular Hbond substituents is 2. The maximum atomic E-state index is 11.1. The fourth-order valence-corrected chi connectivity index (χ4v) is 6.45. The van der Waals surface area contributed by atoms with E-state index in [4.69, 9.17) is 11.5 Å². The van der Waals surface area contributed by atoms with Crippen molar-refractivity contribution < 1.29 is 10.2 Å². The SMILES string of the molecule is CCCCC(CCCc1cc(C(C)(C)C)c(O)c(C(C)(C)C)c1)C(N)(N)CCCc1cc(C(C)(C)C)c(O)c(C(C)(C)C)c1. The van der Waals surface area contributed by atoms with Crippen molar-refractivity contribution in [1.82, 2.24) is 0 Å². The van der Waals surface area contributed by atoms with E-state index in [1.165, 1.54) is 11.1 Å². The molecule has 0 amide bonds. The van der Waals surface area contributed by atoms with E-state index in [1.54, 1.807) is 0 Å². The van der Waals surface area contributed by atoms with Gasteiger partial charge in [0.15, 0.2) is 0 Å². The van der Waals surface area contributed by atoms with Gasteiger partial charge < -0.3 is 21.7 Å². The molecule has 2 aromatic carbocycles. The molecule has 0 aromatic heterocycles. The molecule has 0 saturated heterocycles. The van der Waals surface area contributed by atoms with Crippen molar-refractivity contribution in [3.63, 3.8) is 0 Å². The largest absolute Gasteiger partial charge is 0.507 e. The number of phenols is 2. The first-order valence-corrected chi connectivity index (χ1v) is 17.2. The van der Waals surface area contributed by atoms with E-state index in [-0.39, 0.29) is 27.6 Å². The van der Waals surface area contributed by atoms with Crippen LogP contribution >= 0.6 is 0 Å². The van der Waals surface area contributed by atoms with Gasteiger partial charge in [0.05, 0.1) is 5.66 Å². The van der Waals surface area contributed by atoms with Crippen molar-refractivity contribution in [3.05, 3.63) is 57.6 Å². The number of benzene rings is 2. The molecule has 0 bridgehead atoms. The van der Waals surface area contributed by atoms with Crippen molar-refractivity contribution in [3.8, 4) is 11.5 Å². The third kappa shape index (κ3) is 10.2. The highest BCUT2D eigenvalue weighted by molar-refractivity contribution is 5.51. The molecule has 2 aromatic rings. The van der Waals surface area contributed by atoms with E-state index in [0.29, 0.717) is 11.5 Å². The average Bonchev–Trinajstić information content (AvgIpc) is 2.84. The van der Waals surface area contributed by atoms with Gasteiger partial charge in [-0.3, -0.25) is 0 Å². The molecule has 0 aliphatic carbocycles. The van der Waals surface area contributed by atoms with Crippen LogP contribution in [0.25, 0.3) is 0 Å². The Hall–Kier alpha value is -2.04. The van der Waals surface area contributed by atoms with Crippen molar-refractivity contribution in [2.75, 3.05) is 0 Å². The van der Waals surface area contributed by atoms with Crippen LogP contribution in [0.15, 0.2) is 24.3 Å². The fraction of sp³-hybridized carbons (Fsp3) is 0.700. The van der Waals surface area contributed by atoms with Crippen LogP contribution in [-0.4, -0.2) is 15.9 Å². The van der Waals surface area contributed by atoms with Crippen molar-refractivity contribution >= 4 is 0 Å². The number of rotatable bonds is 12. The third-order valence-corrected chi connectivity index (χ3v) is 9.33. The highest BCUT2D eigenvalue weighted by atomic mass is 16.3. The Morgan fingerprint density at radius 1 is 0.545 bits per heavy atom. The molecule has 4 heteroatoms. The van der Waals surface area contributed by atoms with E-state index in [9.17, 15) is 10.2 Å². The minimum atomic E-state index is -0.728. The molecule has 250 valence electrons. The predicted molar refractivity (Wildman–Crippen MR) is 191 cm³/mol. The molecule has 0 radical (unpaired) electrons. The summed E-state index contributed by atoms with van der Waals surface area (Å²) in [4.78, 5) is 0. The molecule has 1 atom stereocenters. The molecule has 0 aliphatic rings. The minimum absolute atomic E-state index is 0.133. The lowest BCUT2D eigenvalue weighted by Gasteiger charge is -2.35. The van der Waals surface area contributed by atoms with Crippen LogP contribution in [-0.2, 0) is 34.5 Å². The fourth-order valence-electron chi connectivity index (χ4n) is 6.45. The van der Waals surface area contributed by atoms with Crippen LogP contribution in [0.1, 0.15) is 168 Å². The average molecular weight is 609 g/mol. The Balaban J connectivity index is 2.22. The summed E-state index contributed by atoms with van der Waals surface area (Å²) in [6.45, 7) is 28.2. The highest BCUT2D eigenvalue weighted by Gasteiger charge is 2.31. The van der Waals surface area contributed by atoms with Crippen LogP contribution in [0.4, 0.5) is 0 Å². The second-order valence-electron chi connectivity index (χ2n) is 17.8. The lowest BCUT2D eigenvalue weighted by atomic mass is 9.77. The molecular formula is C40H68N2O2. The van der Waals surface area contributed by atoms with Gasteiger partial charge in [-0.05, 0) is 106 Å². The first-order valence-electron chi connectivity index (χ1n) is 17.2. The lowest BCUT2D eigenvalue weighted by molar-refractivity contribution is 0.219. The molecule has 0 aliphatic heterocycles. The van der Waals surface area contributed by atoms with E-state index in [0.717, 1.165) is 80.0 Å². The number of hydrogen-bond donors (Lipinski definition) is 4. The van der Waals surface area contributed by atoms with Crippen LogP contribution < -0.4 is 11.5 Å². The minimum Gasteiger partial charge on any atom is -0.507 e.